The van der Waals surface area contributed by atoms with E-state index in [-0.39, 0.29) is 0 Å². The Hall–Kier alpha value is -3.03. The molecule has 1 aromatic carbocycles. The van der Waals surface area contributed by atoms with Gasteiger partial charge in [0.2, 0.25) is 0 Å². The third kappa shape index (κ3) is 4.88. The fraction of sp³-hybridized carbons (Fsp3) is 0.476. The van der Waals surface area contributed by atoms with E-state index in [1.165, 1.54) is 0 Å². The van der Waals surface area contributed by atoms with Crippen LogP contribution in [-0.2, 0) is 15.9 Å². The summed E-state index contributed by atoms with van der Waals surface area (Å²) in [5.74, 6) is 1.25. The summed E-state index contributed by atoms with van der Waals surface area (Å²) in [6, 6.07) is 7.84. The standard InChI is InChI=1S/C21H28N4O4/c1-3-5-12-17-24-18-19(15-10-6-7-11-16(15)23-20(18)22)25(17)29-14-9-8-13-28-21(26)27-4-2/h6-7,10-11H,3-5,8-9,12-14H2,1-2H3,(H2,22,23). The summed E-state index contributed by atoms with van der Waals surface area (Å²) in [7, 11) is 0. The Labute approximate surface area is 169 Å². The molecule has 0 saturated heterocycles. The monoisotopic (exact) mass is 400 g/mol. The lowest BCUT2D eigenvalue weighted by Crippen LogP contribution is -2.17. The molecule has 0 aliphatic heterocycles. The predicted octanol–water partition coefficient (Wildman–Crippen LogP) is 3.89. The first-order chi connectivity index (χ1) is 14.2. The molecule has 8 nitrogen and oxygen atoms in total. The van der Waals surface area contributed by atoms with E-state index in [0.29, 0.717) is 37.6 Å². The van der Waals surface area contributed by atoms with Gasteiger partial charge in [-0.05, 0) is 32.3 Å². The zero-order valence-electron chi connectivity index (χ0n) is 17.0. The third-order valence-electron chi connectivity index (χ3n) is 4.54. The van der Waals surface area contributed by atoms with Crippen LogP contribution in [0.25, 0.3) is 21.9 Å². The molecule has 0 fully saturated rings. The van der Waals surface area contributed by atoms with Gasteiger partial charge in [0, 0.05) is 11.8 Å². The number of nitrogens with two attached hydrogens (primary N) is 1. The first kappa shape index (κ1) is 20.7. The van der Waals surface area contributed by atoms with E-state index in [9.17, 15) is 4.79 Å². The molecule has 0 aliphatic rings. The number of aryl methyl sites for hydroxylation is 1. The second-order valence-corrected chi connectivity index (χ2v) is 6.71. The number of unbranched alkanes of at least 4 members (excludes halogenated alkanes) is 2. The average Bonchev–Trinajstić information content (AvgIpc) is 3.08. The minimum Gasteiger partial charge on any atom is -0.435 e. The molecular weight excluding hydrogens is 372 g/mol. The maximum atomic E-state index is 11.2. The van der Waals surface area contributed by atoms with Crippen LogP contribution < -0.4 is 10.6 Å². The minimum atomic E-state index is -0.634. The molecule has 0 spiro atoms. The fourth-order valence-corrected chi connectivity index (χ4v) is 3.13. The Morgan fingerprint density at radius 2 is 1.86 bits per heavy atom. The van der Waals surface area contributed by atoms with E-state index < -0.39 is 6.16 Å². The van der Waals surface area contributed by atoms with Gasteiger partial charge in [-0.1, -0.05) is 31.5 Å². The molecular formula is C21H28N4O4. The highest BCUT2D eigenvalue weighted by atomic mass is 16.7. The molecule has 0 radical (unpaired) electrons. The first-order valence-electron chi connectivity index (χ1n) is 10.1. The van der Waals surface area contributed by atoms with Crippen molar-refractivity contribution in [3.63, 3.8) is 0 Å². The van der Waals surface area contributed by atoms with Gasteiger partial charge in [0.25, 0.3) is 0 Å². The molecule has 3 rings (SSSR count). The number of nitrogens with zero attached hydrogens (tertiary/aromatic N) is 3. The highest BCUT2D eigenvalue weighted by Gasteiger charge is 2.18. The summed E-state index contributed by atoms with van der Waals surface area (Å²) in [6.45, 7) is 4.96. The maximum absolute atomic E-state index is 11.2. The molecule has 8 heteroatoms. The van der Waals surface area contributed by atoms with Crippen LogP contribution in [0.3, 0.4) is 0 Å². The number of nitrogen functional groups attached to an aromatic ring is 1. The number of fused-ring (bicyclic) bond motifs is 3. The smallest absolute Gasteiger partial charge is 0.435 e. The lowest BCUT2D eigenvalue weighted by atomic mass is 10.2. The quantitative estimate of drug-likeness (QED) is 0.407. The number of aromatic nitrogens is 3. The Morgan fingerprint density at radius 3 is 2.66 bits per heavy atom. The molecule has 0 atom stereocenters. The van der Waals surface area contributed by atoms with E-state index in [1.54, 1.807) is 11.7 Å². The first-order valence-corrected chi connectivity index (χ1v) is 10.1. The van der Waals surface area contributed by atoms with E-state index >= 15 is 0 Å². The second kappa shape index (κ2) is 9.95. The summed E-state index contributed by atoms with van der Waals surface area (Å²) < 4.78 is 11.5. The molecule has 3 aromatic rings. The number of para-hydroxylation sites is 1. The number of pyridine rings is 1. The number of hydrogen-bond acceptors (Lipinski definition) is 7. The topological polar surface area (TPSA) is 101 Å². The molecule has 2 aromatic heterocycles. The zero-order valence-corrected chi connectivity index (χ0v) is 17.0. The summed E-state index contributed by atoms with van der Waals surface area (Å²) >= 11 is 0. The number of benzene rings is 1. The molecule has 156 valence electrons. The van der Waals surface area contributed by atoms with Crippen LogP contribution in [0.4, 0.5) is 10.6 Å². The van der Waals surface area contributed by atoms with Crippen molar-refractivity contribution >= 4 is 33.9 Å². The molecule has 0 aliphatic carbocycles. The summed E-state index contributed by atoms with van der Waals surface area (Å²) in [6.07, 6.45) is 3.63. The Morgan fingerprint density at radius 1 is 1.07 bits per heavy atom. The van der Waals surface area contributed by atoms with Gasteiger partial charge in [0.1, 0.15) is 23.5 Å². The van der Waals surface area contributed by atoms with Crippen molar-refractivity contribution in [3.05, 3.63) is 30.1 Å². The number of ether oxygens (including phenoxy) is 2. The highest BCUT2D eigenvalue weighted by molar-refractivity contribution is 6.06. The Balaban J connectivity index is 1.77. The Kier molecular flexibility index (Phi) is 7.10. The molecule has 2 N–H and O–H groups in total. The molecule has 2 heterocycles. The van der Waals surface area contributed by atoms with Gasteiger partial charge >= 0.3 is 6.16 Å². The largest absolute Gasteiger partial charge is 0.508 e. The lowest BCUT2D eigenvalue weighted by molar-refractivity contribution is 0.0539. The number of imidazole rings is 1. The summed E-state index contributed by atoms with van der Waals surface area (Å²) in [5, 5.41) is 0.956. The van der Waals surface area contributed by atoms with Crippen LogP contribution in [0.5, 0.6) is 0 Å². The number of anilines is 1. The second-order valence-electron chi connectivity index (χ2n) is 6.71. The van der Waals surface area contributed by atoms with E-state index in [1.807, 2.05) is 24.3 Å². The van der Waals surface area contributed by atoms with Crippen molar-refractivity contribution in [2.24, 2.45) is 0 Å². The Bertz CT molecular complexity index is 970. The van der Waals surface area contributed by atoms with Crippen LogP contribution in [0.2, 0.25) is 0 Å². The van der Waals surface area contributed by atoms with Crippen LogP contribution in [0.1, 0.15) is 45.4 Å². The third-order valence-corrected chi connectivity index (χ3v) is 4.54. The van der Waals surface area contributed by atoms with Gasteiger partial charge in [-0.3, -0.25) is 0 Å². The summed E-state index contributed by atoms with van der Waals surface area (Å²) in [5.41, 5.74) is 8.51. The number of carbonyl (C=O) groups is 1. The van der Waals surface area contributed by atoms with Gasteiger partial charge in [-0.25, -0.2) is 14.8 Å². The van der Waals surface area contributed by atoms with Crippen molar-refractivity contribution in [3.8, 4) is 0 Å². The van der Waals surface area contributed by atoms with Gasteiger partial charge in [0.15, 0.2) is 5.82 Å². The molecule has 0 amide bonds. The zero-order chi connectivity index (χ0) is 20.6. The van der Waals surface area contributed by atoms with Gasteiger partial charge in [-0.2, -0.15) is 4.73 Å². The highest BCUT2D eigenvalue weighted by Crippen LogP contribution is 2.28. The van der Waals surface area contributed by atoms with Gasteiger partial charge < -0.3 is 20.0 Å². The molecule has 29 heavy (non-hydrogen) atoms. The fourth-order valence-electron chi connectivity index (χ4n) is 3.13. The SMILES string of the molecule is CCCCc1nc2c(N)nc3ccccc3c2n1OCCCCOC(=O)OCC. The molecule has 0 saturated carbocycles. The maximum Gasteiger partial charge on any atom is 0.508 e. The van der Waals surface area contributed by atoms with Crippen molar-refractivity contribution in [2.75, 3.05) is 25.6 Å². The van der Waals surface area contributed by atoms with E-state index in [4.69, 9.17) is 25.0 Å². The van der Waals surface area contributed by atoms with Gasteiger partial charge in [0.05, 0.1) is 18.7 Å². The predicted molar refractivity (Wildman–Crippen MR) is 112 cm³/mol. The van der Waals surface area contributed by atoms with Crippen LogP contribution in [0.15, 0.2) is 24.3 Å². The van der Waals surface area contributed by atoms with Crippen LogP contribution in [0, 0.1) is 0 Å². The van der Waals surface area contributed by atoms with Crippen molar-refractivity contribution < 1.29 is 19.1 Å². The lowest BCUT2D eigenvalue weighted by Gasteiger charge is -2.12. The minimum absolute atomic E-state index is 0.301. The van der Waals surface area contributed by atoms with Crippen LogP contribution in [-0.4, -0.2) is 40.7 Å². The van der Waals surface area contributed by atoms with Crippen molar-refractivity contribution in [2.45, 2.75) is 46.0 Å². The van der Waals surface area contributed by atoms with Crippen molar-refractivity contribution in [1.29, 1.82) is 0 Å². The normalized spacial score (nSPS) is 11.1. The molecule has 0 unspecified atom stereocenters. The van der Waals surface area contributed by atoms with Gasteiger partial charge in [-0.15, -0.1) is 0 Å². The van der Waals surface area contributed by atoms with Crippen molar-refractivity contribution in [1.82, 2.24) is 14.7 Å². The number of rotatable bonds is 10. The number of hydrogen-bond donors (Lipinski definition) is 1. The van der Waals surface area contributed by atoms with E-state index in [2.05, 4.69) is 11.9 Å². The average molecular weight is 400 g/mol. The van der Waals surface area contributed by atoms with E-state index in [0.717, 1.165) is 47.9 Å². The number of carbonyl (C=O) groups excluding carboxylic acids is 1. The van der Waals surface area contributed by atoms with Crippen LogP contribution >= 0.6 is 0 Å². The summed E-state index contributed by atoms with van der Waals surface area (Å²) in [4.78, 5) is 26.5. The molecule has 0 bridgehead atoms.